The lowest BCUT2D eigenvalue weighted by Crippen LogP contribution is -2.31. The molecule has 1 aliphatic heterocycles. The van der Waals surface area contributed by atoms with E-state index in [-0.39, 0.29) is 25.0 Å². The van der Waals surface area contributed by atoms with Gasteiger partial charge in [0, 0.05) is 12.6 Å². The second kappa shape index (κ2) is 7.57. The smallest absolute Gasteiger partial charge is 0.330 e. The Labute approximate surface area is 145 Å². The first-order valence-electron chi connectivity index (χ1n) is 8.02. The van der Waals surface area contributed by atoms with E-state index in [0.717, 1.165) is 5.56 Å². The molecule has 0 spiro atoms. The predicted octanol–water partition coefficient (Wildman–Crippen LogP) is 2.93. The van der Waals surface area contributed by atoms with E-state index in [1.807, 2.05) is 30.3 Å². The summed E-state index contributed by atoms with van der Waals surface area (Å²) in [4.78, 5) is 37.2. The monoisotopic (exact) mass is 335 g/mol. The quantitative estimate of drug-likeness (QED) is 0.352. The molecule has 2 aromatic carbocycles. The van der Waals surface area contributed by atoms with E-state index in [2.05, 4.69) is 0 Å². The lowest BCUT2D eigenvalue weighted by Gasteiger charge is -2.13. The molecular weight excluding hydrogens is 318 g/mol. The van der Waals surface area contributed by atoms with E-state index < -0.39 is 5.97 Å². The van der Waals surface area contributed by atoms with Crippen LogP contribution in [0.5, 0.6) is 0 Å². The Morgan fingerprint density at radius 1 is 0.920 bits per heavy atom. The normalized spacial score (nSPS) is 13.4. The van der Waals surface area contributed by atoms with E-state index in [1.165, 1.54) is 11.0 Å². The molecule has 2 amide bonds. The van der Waals surface area contributed by atoms with Crippen molar-refractivity contribution in [1.29, 1.82) is 0 Å². The summed E-state index contributed by atoms with van der Waals surface area (Å²) in [6.07, 6.45) is 3.43. The fourth-order valence-corrected chi connectivity index (χ4v) is 2.61. The van der Waals surface area contributed by atoms with Gasteiger partial charge in [0.1, 0.15) is 0 Å². The second-order valence-electron chi connectivity index (χ2n) is 5.57. The number of benzene rings is 2. The van der Waals surface area contributed by atoms with Crippen LogP contribution in [0.4, 0.5) is 0 Å². The topological polar surface area (TPSA) is 63.7 Å². The Morgan fingerprint density at radius 3 is 2.16 bits per heavy atom. The van der Waals surface area contributed by atoms with Gasteiger partial charge in [0.05, 0.1) is 17.7 Å². The van der Waals surface area contributed by atoms with Crippen molar-refractivity contribution in [2.75, 3.05) is 13.2 Å². The van der Waals surface area contributed by atoms with Crippen LogP contribution < -0.4 is 0 Å². The Kier molecular flexibility index (Phi) is 5.04. The minimum Gasteiger partial charge on any atom is -0.462 e. The van der Waals surface area contributed by atoms with Crippen LogP contribution in [0, 0.1) is 0 Å². The highest BCUT2D eigenvalue weighted by Gasteiger charge is 2.34. The number of carbonyl (C=O) groups excluding carboxylic acids is 3. The summed E-state index contributed by atoms with van der Waals surface area (Å²) in [5, 5.41) is 0. The van der Waals surface area contributed by atoms with Crippen LogP contribution in [0.25, 0.3) is 6.08 Å². The molecule has 0 N–H and O–H groups in total. The van der Waals surface area contributed by atoms with E-state index in [1.54, 1.807) is 30.3 Å². The molecule has 1 aliphatic rings. The summed E-state index contributed by atoms with van der Waals surface area (Å²) in [7, 11) is 0. The molecule has 5 heteroatoms. The zero-order valence-electron chi connectivity index (χ0n) is 13.6. The molecule has 0 unspecified atom stereocenters. The van der Waals surface area contributed by atoms with Crippen LogP contribution in [0.15, 0.2) is 60.7 Å². The molecule has 0 saturated heterocycles. The summed E-state index contributed by atoms with van der Waals surface area (Å²) in [5.74, 6) is -1.04. The van der Waals surface area contributed by atoms with Crippen molar-refractivity contribution in [1.82, 2.24) is 4.90 Å². The number of nitrogens with zero attached hydrogens (tertiary/aromatic N) is 1. The van der Waals surface area contributed by atoms with Gasteiger partial charge in [0.2, 0.25) is 0 Å². The van der Waals surface area contributed by atoms with Gasteiger partial charge < -0.3 is 4.74 Å². The number of imide groups is 1. The van der Waals surface area contributed by atoms with E-state index in [4.69, 9.17) is 4.74 Å². The molecule has 0 aromatic heterocycles. The molecule has 0 saturated carbocycles. The van der Waals surface area contributed by atoms with E-state index in [0.29, 0.717) is 17.5 Å². The van der Waals surface area contributed by atoms with E-state index in [9.17, 15) is 14.4 Å². The van der Waals surface area contributed by atoms with E-state index >= 15 is 0 Å². The maximum atomic E-state index is 12.2. The minimum absolute atomic E-state index is 0.144. The van der Waals surface area contributed by atoms with Crippen LogP contribution in [-0.4, -0.2) is 35.8 Å². The van der Waals surface area contributed by atoms with Gasteiger partial charge >= 0.3 is 5.97 Å². The molecule has 0 fully saturated rings. The first-order valence-corrected chi connectivity index (χ1v) is 8.02. The predicted molar refractivity (Wildman–Crippen MR) is 92.9 cm³/mol. The highest BCUT2D eigenvalue weighted by atomic mass is 16.5. The minimum atomic E-state index is -0.453. The summed E-state index contributed by atoms with van der Waals surface area (Å²) < 4.78 is 5.10. The Hall–Kier alpha value is -3.21. The molecule has 25 heavy (non-hydrogen) atoms. The highest BCUT2D eigenvalue weighted by molar-refractivity contribution is 6.21. The van der Waals surface area contributed by atoms with Gasteiger partial charge in [-0.25, -0.2) is 4.79 Å². The summed E-state index contributed by atoms with van der Waals surface area (Å²) in [6, 6.07) is 16.2. The maximum absolute atomic E-state index is 12.2. The van der Waals surface area contributed by atoms with Crippen molar-refractivity contribution < 1.29 is 19.1 Å². The molecule has 3 rings (SSSR count). The van der Waals surface area contributed by atoms with Crippen molar-refractivity contribution >= 4 is 23.9 Å². The van der Waals surface area contributed by atoms with Crippen molar-refractivity contribution in [3.05, 3.63) is 77.4 Å². The van der Waals surface area contributed by atoms with Gasteiger partial charge in [-0.3, -0.25) is 14.5 Å². The van der Waals surface area contributed by atoms with Gasteiger partial charge in [0.25, 0.3) is 11.8 Å². The number of amides is 2. The third kappa shape index (κ3) is 3.83. The Balaban J connectivity index is 1.45. The van der Waals surface area contributed by atoms with Crippen molar-refractivity contribution in [3.8, 4) is 0 Å². The van der Waals surface area contributed by atoms with Gasteiger partial charge in [-0.15, -0.1) is 0 Å². The third-order valence-corrected chi connectivity index (χ3v) is 3.86. The Bertz CT molecular complexity index is 792. The van der Waals surface area contributed by atoms with Crippen LogP contribution in [0.2, 0.25) is 0 Å². The van der Waals surface area contributed by atoms with Crippen LogP contribution in [0.1, 0.15) is 32.7 Å². The number of esters is 1. The lowest BCUT2D eigenvalue weighted by atomic mass is 10.1. The van der Waals surface area contributed by atoms with Gasteiger partial charge in [-0.05, 0) is 30.2 Å². The number of carbonyl (C=O) groups is 3. The van der Waals surface area contributed by atoms with Gasteiger partial charge in [-0.1, -0.05) is 42.5 Å². The average molecular weight is 335 g/mol. The summed E-state index contributed by atoms with van der Waals surface area (Å²) in [5.41, 5.74) is 1.76. The van der Waals surface area contributed by atoms with Crippen LogP contribution in [-0.2, 0) is 9.53 Å². The molecule has 1 heterocycles. The molecule has 0 radical (unpaired) electrons. The molecule has 0 bridgehead atoms. The first kappa shape index (κ1) is 16.6. The highest BCUT2D eigenvalue weighted by Crippen LogP contribution is 2.22. The first-order chi connectivity index (χ1) is 12.2. The van der Waals surface area contributed by atoms with Crippen LogP contribution >= 0.6 is 0 Å². The third-order valence-electron chi connectivity index (χ3n) is 3.86. The SMILES string of the molecule is O=C(C=Cc1ccccc1)OCCCN1C(=O)c2ccccc2C1=O. The fourth-order valence-electron chi connectivity index (χ4n) is 2.61. The molecule has 0 aliphatic carbocycles. The molecule has 5 nitrogen and oxygen atoms in total. The van der Waals surface area contributed by atoms with Crippen LogP contribution in [0.3, 0.4) is 0 Å². The lowest BCUT2D eigenvalue weighted by molar-refractivity contribution is -0.137. The molecule has 2 aromatic rings. The molecule has 0 atom stereocenters. The number of rotatable bonds is 6. The summed E-state index contributed by atoms with van der Waals surface area (Å²) in [6.45, 7) is 0.368. The number of hydrogen-bond donors (Lipinski definition) is 0. The van der Waals surface area contributed by atoms with Gasteiger partial charge in [-0.2, -0.15) is 0 Å². The Morgan fingerprint density at radius 2 is 1.52 bits per heavy atom. The largest absolute Gasteiger partial charge is 0.462 e. The zero-order chi connectivity index (χ0) is 17.6. The van der Waals surface area contributed by atoms with Crippen molar-refractivity contribution in [2.45, 2.75) is 6.42 Å². The second-order valence-corrected chi connectivity index (χ2v) is 5.57. The van der Waals surface area contributed by atoms with Crippen molar-refractivity contribution in [3.63, 3.8) is 0 Å². The standard InChI is InChI=1S/C20H17NO4/c22-18(12-11-15-7-2-1-3-8-15)25-14-6-13-21-19(23)16-9-4-5-10-17(16)20(21)24/h1-5,7-12H,6,13-14H2. The number of ether oxygens (including phenoxy) is 1. The maximum Gasteiger partial charge on any atom is 0.330 e. The average Bonchev–Trinajstić information content (AvgIpc) is 2.89. The molecular formula is C20H17NO4. The fraction of sp³-hybridized carbons (Fsp3) is 0.150. The number of hydrogen-bond acceptors (Lipinski definition) is 4. The summed E-state index contributed by atoms with van der Waals surface area (Å²) >= 11 is 0. The zero-order valence-corrected chi connectivity index (χ0v) is 13.6. The van der Waals surface area contributed by atoms with Gasteiger partial charge in [0.15, 0.2) is 0 Å². The molecule has 126 valence electrons. The number of fused-ring (bicyclic) bond motifs is 1. The van der Waals surface area contributed by atoms with Crippen molar-refractivity contribution in [2.24, 2.45) is 0 Å².